The molecule has 146 valence electrons. The van der Waals surface area contributed by atoms with Gasteiger partial charge in [-0.05, 0) is 74.4 Å². The molecule has 0 saturated heterocycles. The number of benzene rings is 1. The van der Waals surface area contributed by atoms with Gasteiger partial charge in [0.1, 0.15) is 5.75 Å². The summed E-state index contributed by atoms with van der Waals surface area (Å²) < 4.78 is 5.63. The van der Waals surface area contributed by atoms with Gasteiger partial charge in [-0.15, -0.1) is 0 Å². The van der Waals surface area contributed by atoms with Crippen molar-refractivity contribution in [1.29, 1.82) is 0 Å². The van der Waals surface area contributed by atoms with E-state index >= 15 is 0 Å². The summed E-state index contributed by atoms with van der Waals surface area (Å²) in [5, 5.41) is 6.63. The summed E-state index contributed by atoms with van der Waals surface area (Å²) in [6.45, 7) is 7.10. The van der Waals surface area contributed by atoms with Crippen LogP contribution in [0.5, 0.6) is 5.75 Å². The summed E-state index contributed by atoms with van der Waals surface area (Å²) in [6.07, 6.45) is 11.0. The molecule has 0 unspecified atom stereocenters. The summed E-state index contributed by atoms with van der Waals surface area (Å²) in [6, 6.07) is 2.32. The Morgan fingerprint density at radius 1 is 1.15 bits per heavy atom. The predicted octanol–water partition coefficient (Wildman–Crippen LogP) is 4.35. The second-order valence-corrected chi connectivity index (χ2v) is 7.88. The molecule has 0 bridgehead atoms. The van der Waals surface area contributed by atoms with Gasteiger partial charge in [0, 0.05) is 18.3 Å². The zero-order valence-electron chi connectivity index (χ0n) is 17.1. The van der Waals surface area contributed by atoms with E-state index in [4.69, 9.17) is 4.74 Å². The highest BCUT2D eigenvalue weighted by atomic mass is 16.5. The molecule has 4 nitrogen and oxygen atoms in total. The van der Waals surface area contributed by atoms with Crippen LogP contribution in [0, 0.1) is 13.8 Å². The van der Waals surface area contributed by atoms with Crippen LogP contribution in [0.1, 0.15) is 66.1 Å². The third-order valence-electron chi connectivity index (χ3n) is 5.92. The van der Waals surface area contributed by atoms with Crippen LogP contribution in [0.2, 0.25) is 0 Å². The van der Waals surface area contributed by atoms with Crippen molar-refractivity contribution in [3.05, 3.63) is 51.7 Å². The minimum absolute atomic E-state index is 0.00501. The number of hydrogen-bond acceptors (Lipinski definition) is 3. The quantitative estimate of drug-likeness (QED) is 0.812. The van der Waals surface area contributed by atoms with Crippen LogP contribution in [0.25, 0.3) is 0 Å². The summed E-state index contributed by atoms with van der Waals surface area (Å²) in [7, 11) is 1.65. The SMILES string of the molecule is COc1c(C(=O)NC2CCCCC2)cc(CC2=CC=C(C)NC2)c(C)c1C. The maximum Gasteiger partial charge on any atom is 0.255 e. The first-order valence-corrected chi connectivity index (χ1v) is 10.1. The molecule has 1 aliphatic carbocycles. The highest BCUT2D eigenvalue weighted by Crippen LogP contribution is 2.31. The Kier molecular flexibility index (Phi) is 6.25. The number of ether oxygens (including phenoxy) is 1. The lowest BCUT2D eigenvalue weighted by Gasteiger charge is -2.24. The van der Waals surface area contributed by atoms with Crippen molar-refractivity contribution in [3.8, 4) is 5.75 Å². The fourth-order valence-corrected chi connectivity index (χ4v) is 4.07. The molecule has 0 spiro atoms. The minimum Gasteiger partial charge on any atom is -0.496 e. The first-order chi connectivity index (χ1) is 13.0. The predicted molar refractivity (Wildman–Crippen MR) is 110 cm³/mol. The molecule has 1 aromatic rings. The van der Waals surface area contributed by atoms with Gasteiger partial charge in [-0.25, -0.2) is 0 Å². The normalized spacial score (nSPS) is 17.6. The van der Waals surface area contributed by atoms with Crippen LogP contribution < -0.4 is 15.4 Å². The van der Waals surface area contributed by atoms with Crippen molar-refractivity contribution in [3.63, 3.8) is 0 Å². The summed E-state index contributed by atoms with van der Waals surface area (Å²) in [5.74, 6) is 0.700. The van der Waals surface area contributed by atoms with Gasteiger partial charge in [-0.1, -0.05) is 25.3 Å². The van der Waals surface area contributed by atoms with E-state index in [9.17, 15) is 4.79 Å². The summed E-state index contributed by atoms with van der Waals surface area (Å²) in [4.78, 5) is 13.0. The number of dihydropyridines is 1. The molecule has 0 radical (unpaired) electrons. The molecule has 0 atom stereocenters. The van der Waals surface area contributed by atoms with Crippen molar-refractivity contribution < 1.29 is 9.53 Å². The number of amides is 1. The van der Waals surface area contributed by atoms with E-state index in [0.29, 0.717) is 17.4 Å². The van der Waals surface area contributed by atoms with E-state index in [1.54, 1.807) is 7.11 Å². The fourth-order valence-electron chi connectivity index (χ4n) is 4.07. The van der Waals surface area contributed by atoms with Gasteiger partial charge in [0.25, 0.3) is 5.91 Å². The molecule has 2 aliphatic rings. The Morgan fingerprint density at radius 3 is 2.52 bits per heavy atom. The molecule has 1 fully saturated rings. The molecular weight excluding hydrogens is 336 g/mol. The Balaban J connectivity index is 1.87. The van der Waals surface area contributed by atoms with E-state index in [0.717, 1.165) is 31.4 Å². The van der Waals surface area contributed by atoms with E-state index in [2.05, 4.69) is 36.6 Å². The number of nitrogens with one attached hydrogen (secondary N) is 2. The van der Waals surface area contributed by atoms with Gasteiger partial charge in [0.2, 0.25) is 0 Å². The van der Waals surface area contributed by atoms with Crippen molar-refractivity contribution >= 4 is 5.91 Å². The maximum atomic E-state index is 13.0. The van der Waals surface area contributed by atoms with Crippen LogP contribution in [0.4, 0.5) is 0 Å². The standard InChI is InChI=1S/C23H32N2O2/c1-15-10-11-18(14-24-15)12-19-13-21(22(27-4)17(3)16(19)2)23(26)25-20-8-6-5-7-9-20/h10-11,13,20,24H,5-9,12,14H2,1-4H3,(H,25,26). The van der Waals surface area contributed by atoms with Gasteiger partial charge < -0.3 is 15.4 Å². The van der Waals surface area contributed by atoms with Gasteiger partial charge in [-0.2, -0.15) is 0 Å². The number of rotatable bonds is 5. The van der Waals surface area contributed by atoms with Gasteiger partial charge >= 0.3 is 0 Å². The molecule has 1 saturated carbocycles. The van der Waals surface area contributed by atoms with Gasteiger partial charge in [0.05, 0.1) is 12.7 Å². The summed E-state index contributed by atoms with van der Waals surface area (Å²) >= 11 is 0. The molecule has 1 aliphatic heterocycles. The van der Waals surface area contributed by atoms with E-state index < -0.39 is 0 Å². The zero-order chi connectivity index (χ0) is 19.4. The number of carbonyl (C=O) groups excluding carboxylic acids is 1. The molecule has 2 N–H and O–H groups in total. The highest BCUT2D eigenvalue weighted by Gasteiger charge is 2.22. The lowest BCUT2D eigenvalue weighted by Crippen LogP contribution is -2.36. The van der Waals surface area contributed by atoms with Gasteiger partial charge in [0.15, 0.2) is 0 Å². The van der Waals surface area contributed by atoms with Crippen molar-refractivity contribution in [1.82, 2.24) is 10.6 Å². The molecule has 0 aromatic heterocycles. The monoisotopic (exact) mass is 368 g/mol. The molecule has 4 heteroatoms. The van der Waals surface area contributed by atoms with E-state index in [1.807, 2.05) is 13.0 Å². The van der Waals surface area contributed by atoms with Crippen molar-refractivity contribution in [2.75, 3.05) is 13.7 Å². The molecule has 1 amide bonds. The van der Waals surface area contributed by atoms with Crippen LogP contribution in [-0.4, -0.2) is 25.6 Å². The number of carbonyl (C=O) groups is 1. The Bertz CT molecular complexity index is 771. The van der Waals surface area contributed by atoms with Crippen LogP contribution >= 0.6 is 0 Å². The average Bonchev–Trinajstić information content (AvgIpc) is 2.67. The summed E-state index contributed by atoms with van der Waals surface area (Å²) in [5.41, 5.74) is 6.63. The third-order valence-corrected chi connectivity index (χ3v) is 5.92. The molecule has 27 heavy (non-hydrogen) atoms. The van der Waals surface area contributed by atoms with E-state index in [1.165, 1.54) is 41.7 Å². The van der Waals surface area contributed by atoms with Gasteiger partial charge in [-0.3, -0.25) is 4.79 Å². The number of allylic oxidation sites excluding steroid dienone is 3. The third kappa shape index (κ3) is 4.55. The second kappa shape index (κ2) is 8.64. The molecular formula is C23H32N2O2. The van der Waals surface area contributed by atoms with Crippen LogP contribution in [0.3, 0.4) is 0 Å². The molecule has 1 aromatic carbocycles. The smallest absolute Gasteiger partial charge is 0.255 e. The second-order valence-electron chi connectivity index (χ2n) is 7.88. The number of hydrogen-bond donors (Lipinski definition) is 2. The van der Waals surface area contributed by atoms with Crippen molar-refractivity contribution in [2.45, 2.75) is 65.3 Å². The Labute approximate surface area is 163 Å². The Morgan fingerprint density at radius 2 is 1.89 bits per heavy atom. The average molecular weight is 369 g/mol. The molecule has 3 rings (SSSR count). The largest absolute Gasteiger partial charge is 0.496 e. The fraction of sp³-hybridized carbons (Fsp3) is 0.522. The first kappa shape index (κ1) is 19.5. The molecule has 1 heterocycles. The minimum atomic E-state index is -0.00501. The van der Waals surface area contributed by atoms with E-state index in [-0.39, 0.29) is 5.91 Å². The van der Waals surface area contributed by atoms with Crippen LogP contribution in [-0.2, 0) is 6.42 Å². The lowest BCUT2D eigenvalue weighted by molar-refractivity contribution is 0.0924. The maximum absolute atomic E-state index is 13.0. The van der Waals surface area contributed by atoms with Crippen molar-refractivity contribution in [2.24, 2.45) is 0 Å². The first-order valence-electron chi connectivity index (χ1n) is 10.1. The zero-order valence-corrected chi connectivity index (χ0v) is 17.1. The lowest BCUT2D eigenvalue weighted by atomic mass is 9.91. The Hall–Kier alpha value is -2.23. The topological polar surface area (TPSA) is 50.4 Å². The number of methoxy groups -OCH3 is 1. The highest BCUT2D eigenvalue weighted by molar-refractivity contribution is 5.98. The van der Waals surface area contributed by atoms with Crippen LogP contribution in [0.15, 0.2) is 29.5 Å².